The second kappa shape index (κ2) is 6.57. The minimum atomic E-state index is -0.213. The van der Waals surface area contributed by atoms with Crippen molar-refractivity contribution >= 4 is 40.7 Å². The number of amides is 1. The highest BCUT2D eigenvalue weighted by Gasteiger charge is 2.36. The fourth-order valence-corrected chi connectivity index (χ4v) is 2.93. The maximum absolute atomic E-state index is 12.9. The smallest absolute Gasteiger partial charge is 0.281 e. The lowest BCUT2D eigenvalue weighted by molar-refractivity contribution is -0.114. The highest BCUT2D eigenvalue weighted by molar-refractivity contribution is 7.80. The Labute approximate surface area is 152 Å². The summed E-state index contributed by atoms with van der Waals surface area (Å²) in [5.41, 5.74) is 2.59. The SMILES string of the molecule is CN1C(=S)N(c2ccccc2)C(=O)/C1=C\c1ccc(N(C)C)cc1O. The van der Waals surface area contributed by atoms with Gasteiger partial charge in [-0.2, -0.15) is 0 Å². The van der Waals surface area contributed by atoms with Gasteiger partial charge in [0.05, 0.1) is 5.69 Å². The molecule has 0 saturated carbocycles. The lowest BCUT2D eigenvalue weighted by Crippen LogP contribution is -2.30. The van der Waals surface area contributed by atoms with Gasteiger partial charge in [0, 0.05) is 38.5 Å². The number of aromatic hydroxyl groups is 1. The summed E-state index contributed by atoms with van der Waals surface area (Å²) in [5, 5.41) is 10.7. The first-order valence-electron chi connectivity index (χ1n) is 7.79. The lowest BCUT2D eigenvalue weighted by atomic mass is 10.1. The molecule has 0 aliphatic carbocycles. The van der Waals surface area contributed by atoms with Gasteiger partial charge in [-0.3, -0.25) is 9.69 Å². The average Bonchev–Trinajstić information content (AvgIpc) is 2.80. The zero-order valence-electron chi connectivity index (χ0n) is 14.3. The summed E-state index contributed by atoms with van der Waals surface area (Å²) in [4.78, 5) is 17.9. The highest BCUT2D eigenvalue weighted by atomic mass is 32.1. The number of carbonyl (C=O) groups excluding carboxylic acids is 1. The number of nitrogens with zero attached hydrogens (tertiary/aromatic N) is 3. The Kier molecular flexibility index (Phi) is 4.46. The molecule has 0 atom stereocenters. The van der Waals surface area contributed by atoms with Gasteiger partial charge in [-0.05, 0) is 42.6 Å². The fraction of sp³-hybridized carbons (Fsp3) is 0.158. The second-order valence-corrected chi connectivity index (χ2v) is 6.35. The second-order valence-electron chi connectivity index (χ2n) is 5.98. The molecular formula is C19H19N3O2S. The molecule has 25 heavy (non-hydrogen) atoms. The van der Waals surface area contributed by atoms with Gasteiger partial charge in [0.2, 0.25) is 0 Å². The minimum absolute atomic E-state index is 0.115. The summed E-state index contributed by atoms with van der Waals surface area (Å²) >= 11 is 5.42. The van der Waals surface area contributed by atoms with Crippen molar-refractivity contribution in [2.45, 2.75) is 0 Å². The summed E-state index contributed by atoms with van der Waals surface area (Å²) in [6.45, 7) is 0. The Balaban J connectivity index is 1.99. The van der Waals surface area contributed by atoms with Gasteiger partial charge in [0.1, 0.15) is 11.4 Å². The molecule has 1 amide bonds. The molecule has 0 spiro atoms. The summed E-state index contributed by atoms with van der Waals surface area (Å²) < 4.78 is 0. The van der Waals surface area contributed by atoms with Crippen LogP contribution < -0.4 is 9.80 Å². The first kappa shape index (κ1) is 17.0. The summed E-state index contributed by atoms with van der Waals surface area (Å²) in [6.07, 6.45) is 1.66. The molecule has 6 heteroatoms. The Morgan fingerprint density at radius 1 is 1.12 bits per heavy atom. The number of anilines is 2. The van der Waals surface area contributed by atoms with E-state index >= 15 is 0 Å². The molecule has 1 aliphatic heterocycles. The Hall–Kier alpha value is -2.86. The van der Waals surface area contributed by atoms with E-state index in [2.05, 4.69) is 0 Å². The van der Waals surface area contributed by atoms with Crippen LogP contribution >= 0.6 is 12.2 Å². The standard InChI is InChI=1S/C19H19N3O2S/c1-20(2)15-10-9-13(17(23)12-15)11-16-18(24)22(19(25)21(16)3)14-7-5-4-6-8-14/h4-12,23H,1-3H3/b16-11+. The molecular weight excluding hydrogens is 334 g/mol. The van der Waals surface area contributed by atoms with Gasteiger partial charge in [-0.1, -0.05) is 18.2 Å². The summed E-state index contributed by atoms with van der Waals surface area (Å²) in [6, 6.07) is 14.6. The van der Waals surface area contributed by atoms with Crippen LogP contribution in [0.2, 0.25) is 0 Å². The van der Waals surface area contributed by atoms with Gasteiger partial charge >= 0.3 is 0 Å². The predicted molar refractivity (Wildman–Crippen MR) is 105 cm³/mol. The van der Waals surface area contributed by atoms with Crippen molar-refractivity contribution in [3.63, 3.8) is 0 Å². The molecule has 1 saturated heterocycles. The van der Waals surface area contributed by atoms with Crippen LogP contribution in [-0.2, 0) is 4.79 Å². The van der Waals surface area contributed by atoms with E-state index in [1.807, 2.05) is 55.4 Å². The number of phenolic OH excluding ortho intramolecular Hbond substituents is 1. The van der Waals surface area contributed by atoms with Crippen molar-refractivity contribution in [1.29, 1.82) is 0 Å². The van der Waals surface area contributed by atoms with Crippen LogP contribution in [0, 0.1) is 0 Å². The number of carbonyl (C=O) groups is 1. The van der Waals surface area contributed by atoms with E-state index < -0.39 is 0 Å². The number of rotatable bonds is 3. The molecule has 128 valence electrons. The van der Waals surface area contributed by atoms with Gasteiger partial charge in [-0.15, -0.1) is 0 Å². The quantitative estimate of drug-likeness (QED) is 0.679. The van der Waals surface area contributed by atoms with Crippen molar-refractivity contribution in [1.82, 2.24) is 4.90 Å². The average molecular weight is 353 g/mol. The van der Waals surface area contributed by atoms with Crippen LogP contribution in [0.15, 0.2) is 54.2 Å². The van der Waals surface area contributed by atoms with E-state index in [1.54, 1.807) is 30.2 Å². The van der Waals surface area contributed by atoms with E-state index in [1.165, 1.54) is 4.90 Å². The van der Waals surface area contributed by atoms with Crippen LogP contribution in [0.4, 0.5) is 11.4 Å². The van der Waals surface area contributed by atoms with Crippen LogP contribution in [0.5, 0.6) is 5.75 Å². The van der Waals surface area contributed by atoms with Gasteiger partial charge in [-0.25, -0.2) is 0 Å². The third-order valence-corrected chi connectivity index (χ3v) is 4.56. The molecule has 1 fully saturated rings. The Bertz CT molecular complexity index is 862. The monoisotopic (exact) mass is 353 g/mol. The van der Waals surface area contributed by atoms with Crippen LogP contribution in [0.1, 0.15) is 5.56 Å². The van der Waals surface area contributed by atoms with E-state index in [9.17, 15) is 9.90 Å². The number of likely N-dealkylation sites (N-methyl/N-ethyl adjacent to an activating group) is 1. The molecule has 1 heterocycles. The summed E-state index contributed by atoms with van der Waals surface area (Å²) in [7, 11) is 5.55. The number of para-hydroxylation sites is 1. The van der Waals surface area contributed by atoms with Crippen LogP contribution in [0.3, 0.4) is 0 Å². The zero-order valence-corrected chi connectivity index (χ0v) is 15.1. The number of hydrogen-bond donors (Lipinski definition) is 1. The number of thiocarbonyl (C=S) groups is 1. The van der Waals surface area contributed by atoms with Gasteiger partial charge < -0.3 is 14.9 Å². The summed E-state index contributed by atoms with van der Waals surface area (Å²) in [5.74, 6) is -0.0984. The third-order valence-electron chi connectivity index (χ3n) is 4.10. The van der Waals surface area contributed by atoms with Crippen molar-refractivity contribution < 1.29 is 9.90 Å². The van der Waals surface area contributed by atoms with Crippen molar-refractivity contribution in [2.75, 3.05) is 30.9 Å². The molecule has 1 aliphatic rings. The predicted octanol–water partition coefficient (Wildman–Crippen LogP) is 3.06. The first-order chi connectivity index (χ1) is 11.9. The maximum atomic E-state index is 12.9. The van der Waals surface area contributed by atoms with E-state index in [0.29, 0.717) is 16.4 Å². The molecule has 0 bridgehead atoms. The normalized spacial score (nSPS) is 16.0. The highest BCUT2D eigenvalue weighted by Crippen LogP contribution is 2.30. The third kappa shape index (κ3) is 3.08. The molecule has 5 nitrogen and oxygen atoms in total. The molecule has 2 aromatic carbocycles. The van der Waals surface area contributed by atoms with Gasteiger partial charge in [0.25, 0.3) is 5.91 Å². The first-order valence-corrected chi connectivity index (χ1v) is 8.20. The Morgan fingerprint density at radius 3 is 2.40 bits per heavy atom. The van der Waals surface area contributed by atoms with Crippen molar-refractivity contribution in [3.05, 3.63) is 59.8 Å². The molecule has 1 N–H and O–H groups in total. The molecule has 0 aromatic heterocycles. The molecule has 0 radical (unpaired) electrons. The lowest BCUT2D eigenvalue weighted by Gasteiger charge is -2.16. The number of phenols is 1. The van der Waals surface area contributed by atoms with Crippen LogP contribution in [-0.4, -0.2) is 42.2 Å². The van der Waals surface area contributed by atoms with Crippen LogP contribution in [0.25, 0.3) is 6.08 Å². The zero-order chi connectivity index (χ0) is 18.1. The van der Waals surface area contributed by atoms with E-state index in [0.717, 1.165) is 11.4 Å². The molecule has 2 aromatic rings. The molecule has 0 unspecified atom stereocenters. The Morgan fingerprint density at radius 2 is 1.80 bits per heavy atom. The van der Waals surface area contributed by atoms with E-state index in [4.69, 9.17) is 12.2 Å². The maximum Gasteiger partial charge on any atom is 0.281 e. The topological polar surface area (TPSA) is 47.0 Å². The van der Waals surface area contributed by atoms with E-state index in [-0.39, 0.29) is 11.7 Å². The van der Waals surface area contributed by atoms with Crippen molar-refractivity contribution in [2.24, 2.45) is 0 Å². The number of hydrogen-bond acceptors (Lipinski definition) is 4. The fourth-order valence-electron chi connectivity index (χ4n) is 2.64. The largest absolute Gasteiger partial charge is 0.507 e. The molecule has 3 rings (SSSR count). The van der Waals surface area contributed by atoms with Gasteiger partial charge in [0.15, 0.2) is 5.11 Å². The number of benzene rings is 2. The van der Waals surface area contributed by atoms with Crippen molar-refractivity contribution in [3.8, 4) is 5.75 Å². The minimum Gasteiger partial charge on any atom is -0.507 e.